The monoisotopic (exact) mass is 291 g/mol. The van der Waals surface area contributed by atoms with Gasteiger partial charge in [0, 0.05) is 41.3 Å². The summed E-state index contributed by atoms with van der Waals surface area (Å²) < 4.78 is 0. The molecule has 1 fully saturated rings. The SMILES string of the molecule is CC(CNCc1c[nH]c2cc(Cl)ccc12)N1CCCC1. The summed E-state index contributed by atoms with van der Waals surface area (Å²) in [5.41, 5.74) is 2.42. The predicted octanol–water partition coefficient (Wildman–Crippen LogP) is 3.40. The van der Waals surface area contributed by atoms with Crippen LogP contribution in [-0.4, -0.2) is 35.6 Å². The Morgan fingerprint density at radius 1 is 1.35 bits per heavy atom. The summed E-state index contributed by atoms with van der Waals surface area (Å²) in [5.74, 6) is 0. The summed E-state index contributed by atoms with van der Waals surface area (Å²) in [6, 6.07) is 6.65. The van der Waals surface area contributed by atoms with Crippen LogP contribution in [0.15, 0.2) is 24.4 Å². The maximum absolute atomic E-state index is 6.01. The van der Waals surface area contributed by atoms with E-state index >= 15 is 0 Å². The fraction of sp³-hybridized carbons (Fsp3) is 0.500. The number of nitrogens with zero attached hydrogens (tertiary/aromatic N) is 1. The molecule has 3 nitrogen and oxygen atoms in total. The van der Waals surface area contributed by atoms with Crippen molar-refractivity contribution < 1.29 is 0 Å². The van der Waals surface area contributed by atoms with Crippen LogP contribution in [0, 0.1) is 0 Å². The average Bonchev–Trinajstić information content (AvgIpc) is 3.08. The summed E-state index contributed by atoms with van der Waals surface area (Å²) in [6.45, 7) is 6.77. The van der Waals surface area contributed by atoms with Gasteiger partial charge in [0.15, 0.2) is 0 Å². The quantitative estimate of drug-likeness (QED) is 0.885. The van der Waals surface area contributed by atoms with Crippen LogP contribution in [0.1, 0.15) is 25.3 Å². The molecule has 4 heteroatoms. The molecule has 3 rings (SSSR count). The van der Waals surface area contributed by atoms with Gasteiger partial charge < -0.3 is 10.3 Å². The number of rotatable bonds is 5. The Morgan fingerprint density at radius 3 is 2.95 bits per heavy atom. The van der Waals surface area contributed by atoms with Gasteiger partial charge in [0.2, 0.25) is 0 Å². The van der Waals surface area contributed by atoms with Crippen molar-refractivity contribution in [3.05, 3.63) is 35.0 Å². The van der Waals surface area contributed by atoms with E-state index in [1.807, 2.05) is 12.1 Å². The first-order valence-corrected chi connectivity index (χ1v) is 7.82. The minimum absolute atomic E-state index is 0.622. The second kappa shape index (κ2) is 6.17. The van der Waals surface area contributed by atoms with Gasteiger partial charge in [-0.05, 0) is 50.6 Å². The third-order valence-corrected chi connectivity index (χ3v) is 4.48. The van der Waals surface area contributed by atoms with Gasteiger partial charge in [0.25, 0.3) is 0 Å². The molecule has 1 aliphatic heterocycles. The zero-order chi connectivity index (χ0) is 13.9. The maximum atomic E-state index is 6.01. The number of nitrogens with one attached hydrogen (secondary N) is 2. The molecule has 1 saturated heterocycles. The van der Waals surface area contributed by atoms with Gasteiger partial charge in [-0.3, -0.25) is 4.90 Å². The summed E-state index contributed by atoms with van der Waals surface area (Å²) in [5, 5.41) is 5.62. The van der Waals surface area contributed by atoms with Crippen LogP contribution in [0.3, 0.4) is 0 Å². The number of fused-ring (bicyclic) bond motifs is 1. The third kappa shape index (κ3) is 3.00. The number of benzene rings is 1. The lowest BCUT2D eigenvalue weighted by Crippen LogP contribution is -2.38. The summed E-state index contributed by atoms with van der Waals surface area (Å²) in [4.78, 5) is 5.86. The third-order valence-electron chi connectivity index (χ3n) is 4.25. The Balaban J connectivity index is 1.57. The van der Waals surface area contributed by atoms with Crippen molar-refractivity contribution in [3.63, 3.8) is 0 Å². The second-order valence-corrected chi connectivity index (χ2v) is 6.16. The molecule has 0 bridgehead atoms. The molecule has 20 heavy (non-hydrogen) atoms. The van der Waals surface area contributed by atoms with Crippen molar-refractivity contribution in [2.45, 2.75) is 32.4 Å². The topological polar surface area (TPSA) is 31.1 Å². The van der Waals surface area contributed by atoms with Crippen LogP contribution in [-0.2, 0) is 6.54 Å². The Labute approximate surface area is 125 Å². The number of likely N-dealkylation sites (tertiary alicyclic amines) is 1. The fourth-order valence-corrected chi connectivity index (χ4v) is 3.20. The molecule has 2 aromatic rings. The number of aromatic amines is 1. The van der Waals surface area contributed by atoms with E-state index in [0.29, 0.717) is 6.04 Å². The van der Waals surface area contributed by atoms with Gasteiger partial charge >= 0.3 is 0 Å². The first kappa shape index (κ1) is 13.9. The number of halogens is 1. The van der Waals surface area contributed by atoms with Crippen LogP contribution >= 0.6 is 11.6 Å². The Morgan fingerprint density at radius 2 is 2.15 bits per heavy atom. The molecular weight excluding hydrogens is 270 g/mol. The smallest absolute Gasteiger partial charge is 0.0472 e. The molecule has 1 aromatic heterocycles. The van der Waals surface area contributed by atoms with E-state index in [0.717, 1.165) is 23.6 Å². The zero-order valence-corrected chi connectivity index (χ0v) is 12.7. The van der Waals surface area contributed by atoms with E-state index in [2.05, 4.69) is 34.4 Å². The predicted molar refractivity (Wildman–Crippen MR) is 85.3 cm³/mol. The lowest BCUT2D eigenvalue weighted by Gasteiger charge is -2.23. The molecule has 0 spiro atoms. The van der Waals surface area contributed by atoms with Gasteiger partial charge in [0.05, 0.1) is 0 Å². The molecule has 1 aliphatic rings. The molecule has 0 amide bonds. The van der Waals surface area contributed by atoms with Crippen molar-refractivity contribution >= 4 is 22.5 Å². The van der Waals surface area contributed by atoms with E-state index in [1.165, 1.54) is 36.9 Å². The van der Waals surface area contributed by atoms with E-state index in [-0.39, 0.29) is 0 Å². The van der Waals surface area contributed by atoms with Crippen LogP contribution in [0.2, 0.25) is 5.02 Å². The Hall–Kier alpha value is -1.03. The van der Waals surface area contributed by atoms with E-state index in [1.54, 1.807) is 0 Å². The van der Waals surface area contributed by atoms with Crippen molar-refractivity contribution in [2.75, 3.05) is 19.6 Å². The molecule has 0 aliphatic carbocycles. The van der Waals surface area contributed by atoms with Crippen LogP contribution in [0.25, 0.3) is 10.9 Å². The standard InChI is InChI=1S/C16H22ClN3/c1-12(20-6-2-3-7-20)9-18-10-13-11-19-16-8-14(17)4-5-15(13)16/h4-5,8,11-12,18-19H,2-3,6-7,9-10H2,1H3. The first-order chi connectivity index (χ1) is 9.74. The molecule has 2 N–H and O–H groups in total. The number of aromatic nitrogens is 1. The molecule has 1 atom stereocenters. The maximum Gasteiger partial charge on any atom is 0.0472 e. The van der Waals surface area contributed by atoms with E-state index < -0.39 is 0 Å². The van der Waals surface area contributed by atoms with Gasteiger partial charge in [-0.15, -0.1) is 0 Å². The molecule has 1 aromatic carbocycles. The lowest BCUT2D eigenvalue weighted by molar-refractivity contribution is 0.252. The number of hydrogen-bond acceptors (Lipinski definition) is 2. The highest BCUT2D eigenvalue weighted by molar-refractivity contribution is 6.31. The highest BCUT2D eigenvalue weighted by Gasteiger charge is 2.17. The Kier molecular flexibility index (Phi) is 4.29. The minimum atomic E-state index is 0.622. The van der Waals surface area contributed by atoms with Crippen molar-refractivity contribution in [3.8, 4) is 0 Å². The first-order valence-electron chi connectivity index (χ1n) is 7.44. The zero-order valence-electron chi connectivity index (χ0n) is 12.0. The normalized spacial score (nSPS) is 17.9. The van der Waals surface area contributed by atoms with E-state index in [9.17, 15) is 0 Å². The highest BCUT2D eigenvalue weighted by Crippen LogP contribution is 2.22. The molecule has 2 heterocycles. The number of hydrogen-bond donors (Lipinski definition) is 2. The van der Waals surface area contributed by atoms with Crippen LogP contribution in [0.4, 0.5) is 0 Å². The minimum Gasteiger partial charge on any atom is -0.361 e. The Bertz CT molecular complexity index is 572. The molecule has 1 unspecified atom stereocenters. The lowest BCUT2D eigenvalue weighted by atomic mass is 10.1. The molecular formula is C16H22ClN3. The van der Waals surface area contributed by atoms with Crippen molar-refractivity contribution in [1.82, 2.24) is 15.2 Å². The summed E-state index contributed by atoms with van der Waals surface area (Å²) in [7, 11) is 0. The van der Waals surface area contributed by atoms with Gasteiger partial charge in [-0.2, -0.15) is 0 Å². The van der Waals surface area contributed by atoms with Crippen LogP contribution in [0.5, 0.6) is 0 Å². The van der Waals surface area contributed by atoms with Crippen molar-refractivity contribution in [1.29, 1.82) is 0 Å². The summed E-state index contributed by atoms with van der Waals surface area (Å²) in [6.07, 6.45) is 4.79. The number of H-pyrrole nitrogens is 1. The fourth-order valence-electron chi connectivity index (χ4n) is 3.03. The van der Waals surface area contributed by atoms with Crippen LogP contribution < -0.4 is 5.32 Å². The highest BCUT2D eigenvalue weighted by atomic mass is 35.5. The molecule has 0 radical (unpaired) electrons. The summed E-state index contributed by atoms with van der Waals surface area (Å²) >= 11 is 6.01. The van der Waals surface area contributed by atoms with E-state index in [4.69, 9.17) is 11.6 Å². The average molecular weight is 292 g/mol. The second-order valence-electron chi connectivity index (χ2n) is 5.73. The molecule has 108 valence electrons. The molecule has 0 saturated carbocycles. The van der Waals surface area contributed by atoms with Gasteiger partial charge in [-0.1, -0.05) is 17.7 Å². The largest absolute Gasteiger partial charge is 0.361 e. The van der Waals surface area contributed by atoms with Gasteiger partial charge in [-0.25, -0.2) is 0 Å². The van der Waals surface area contributed by atoms with Crippen molar-refractivity contribution in [2.24, 2.45) is 0 Å². The van der Waals surface area contributed by atoms with Gasteiger partial charge in [0.1, 0.15) is 0 Å².